The van der Waals surface area contributed by atoms with E-state index in [1.165, 1.54) is 0 Å². The van der Waals surface area contributed by atoms with Crippen LogP contribution in [0.1, 0.15) is 83.0 Å². The van der Waals surface area contributed by atoms with Gasteiger partial charge in [0.05, 0.1) is 22.3 Å². The molecule has 8 heteroatoms. The Bertz CT molecular complexity index is 785. The molecule has 0 aliphatic carbocycles. The van der Waals surface area contributed by atoms with E-state index >= 15 is 0 Å². The van der Waals surface area contributed by atoms with Gasteiger partial charge in [0.25, 0.3) is 11.8 Å². The Morgan fingerprint density at radius 1 is 0.778 bits per heavy atom. The van der Waals surface area contributed by atoms with Crippen molar-refractivity contribution in [1.82, 2.24) is 10.6 Å². The molecule has 0 unspecified atom stereocenters. The Labute approximate surface area is 158 Å². The summed E-state index contributed by atoms with van der Waals surface area (Å²) in [6, 6.07) is 1.86. The van der Waals surface area contributed by atoms with Crippen LogP contribution in [0.15, 0.2) is 12.1 Å². The standard InChI is InChI=1S/C19H26N2O6/c1-18(2,3)9-20-14(22)10-7-11(15(23)21-19(4,5)6)13(17(26)27)8-12(10)16(24)25/h7-8H,9H2,1-6H3,(H,20,22)(H,21,23)(H,24,25)(H,26,27). The minimum absolute atomic E-state index is 0.244. The first-order valence-corrected chi connectivity index (χ1v) is 8.38. The predicted octanol–water partition coefficient (Wildman–Crippen LogP) is 2.39. The van der Waals surface area contributed by atoms with Crippen LogP contribution < -0.4 is 10.6 Å². The Hall–Kier alpha value is -2.90. The summed E-state index contributed by atoms with van der Waals surface area (Å²) in [6.45, 7) is 11.1. The molecule has 1 aromatic rings. The highest BCUT2D eigenvalue weighted by Crippen LogP contribution is 2.20. The van der Waals surface area contributed by atoms with Crippen LogP contribution >= 0.6 is 0 Å². The molecule has 148 valence electrons. The van der Waals surface area contributed by atoms with E-state index in [2.05, 4.69) is 10.6 Å². The van der Waals surface area contributed by atoms with E-state index in [1.54, 1.807) is 20.8 Å². The fraction of sp³-hybridized carbons (Fsp3) is 0.474. The van der Waals surface area contributed by atoms with Gasteiger partial charge >= 0.3 is 11.9 Å². The van der Waals surface area contributed by atoms with Crippen molar-refractivity contribution in [3.05, 3.63) is 34.4 Å². The third-order valence-corrected chi connectivity index (χ3v) is 3.38. The number of carbonyl (C=O) groups is 4. The summed E-state index contributed by atoms with van der Waals surface area (Å²) >= 11 is 0. The molecule has 0 heterocycles. The fourth-order valence-corrected chi connectivity index (χ4v) is 2.18. The first kappa shape index (κ1) is 22.1. The van der Waals surface area contributed by atoms with E-state index in [9.17, 15) is 29.4 Å². The van der Waals surface area contributed by atoms with Gasteiger partial charge in [0.2, 0.25) is 0 Å². The van der Waals surface area contributed by atoms with Crippen molar-refractivity contribution >= 4 is 23.8 Å². The summed E-state index contributed by atoms with van der Waals surface area (Å²) in [6.07, 6.45) is 0. The Morgan fingerprint density at radius 2 is 1.19 bits per heavy atom. The Balaban J connectivity index is 3.51. The topological polar surface area (TPSA) is 133 Å². The van der Waals surface area contributed by atoms with Crippen LogP contribution in [0.3, 0.4) is 0 Å². The molecule has 0 fully saturated rings. The normalized spacial score (nSPS) is 11.6. The zero-order chi connectivity index (χ0) is 21.2. The van der Waals surface area contributed by atoms with Gasteiger partial charge in [-0.3, -0.25) is 9.59 Å². The van der Waals surface area contributed by atoms with E-state index in [1.807, 2.05) is 20.8 Å². The van der Waals surface area contributed by atoms with Gasteiger partial charge in [-0.15, -0.1) is 0 Å². The zero-order valence-electron chi connectivity index (χ0n) is 16.4. The molecular formula is C19H26N2O6. The van der Waals surface area contributed by atoms with E-state index < -0.39 is 40.4 Å². The maximum absolute atomic E-state index is 12.5. The quantitative estimate of drug-likeness (QED) is 0.622. The highest BCUT2D eigenvalue weighted by atomic mass is 16.4. The first-order valence-electron chi connectivity index (χ1n) is 8.38. The molecule has 1 rings (SSSR count). The van der Waals surface area contributed by atoms with Crippen molar-refractivity contribution in [2.24, 2.45) is 5.41 Å². The number of hydrogen-bond acceptors (Lipinski definition) is 4. The molecule has 0 aliphatic rings. The van der Waals surface area contributed by atoms with Crippen LogP contribution in [-0.2, 0) is 0 Å². The van der Waals surface area contributed by atoms with Crippen molar-refractivity contribution < 1.29 is 29.4 Å². The molecule has 27 heavy (non-hydrogen) atoms. The summed E-state index contributed by atoms with van der Waals surface area (Å²) < 4.78 is 0. The summed E-state index contributed by atoms with van der Waals surface area (Å²) in [5.41, 5.74) is -2.40. The lowest BCUT2D eigenvalue weighted by Gasteiger charge is -2.22. The summed E-state index contributed by atoms with van der Waals surface area (Å²) in [5, 5.41) is 24.0. The summed E-state index contributed by atoms with van der Waals surface area (Å²) in [5.74, 6) is -4.31. The van der Waals surface area contributed by atoms with Gasteiger partial charge in [-0.05, 0) is 38.3 Å². The maximum Gasteiger partial charge on any atom is 0.336 e. The van der Waals surface area contributed by atoms with Gasteiger partial charge in [-0.2, -0.15) is 0 Å². The average Bonchev–Trinajstić information content (AvgIpc) is 2.48. The van der Waals surface area contributed by atoms with E-state index in [-0.39, 0.29) is 23.1 Å². The summed E-state index contributed by atoms with van der Waals surface area (Å²) in [4.78, 5) is 48.1. The molecule has 1 aromatic carbocycles. The second kappa shape index (κ2) is 7.77. The zero-order valence-corrected chi connectivity index (χ0v) is 16.4. The molecule has 2 amide bonds. The number of hydrogen-bond donors (Lipinski definition) is 4. The molecule has 0 spiro atoms. The lowest BCUT2D eigenvalue weighted by Crippen LogP contribution is -2.41. The molecule has 8 nitrogen and oxygen atoms in total. The largest absolute Gasteiger partial charge is 0.478 e. The van der Waals surface area contributed by atoms with Crippen LogP contribution in [0.5, 0.6) is 0 Å². The van der Waals surface area contributed by atoms with E-state index in [0.717, 1.165) is 12.1 Å². The number of benzene rings is 1. The van der Waals surface area contributed by atoms with Gasteiger partial charge < -0.3 is 20.8 Å². The van der Waals surface area contributed by atoms with Gasteiger partial charge in [0, 0.05) is 12.1 Å². The minimum atomic E-state index is -1.46. The van der Waals surface area contributed by atoms with Crippen molar-refractivity contribution in [2.45, 2.75) is 47.1 Å². The number of carboxylic acids is 2. The Morgan fingerprint density at radius 3 is 1.56 bits per heavy atom. The monoisotopic (exact) mass is 378 g/mol. The number of nitrogens with one attached hydrogen (secondary N) is 2. The molecule has 0 aromatic heterocycles. The van der Waals surface area contributed by atoms with Crippen LogP contribution in [0.2, 0.25) is 0 Å². The first-order chi connectivity index (χ1) is 12.1. The molecule has 0 atom stereocenters. The second-order valence-electron chi connectivity index (χ2n) is 8.50. The van der Waals surface area contributed by atoms with Crippen LogP contribution in [0, 0.1) is 5.41 Å². The highest BCUT2D eigenvalue weighted by molar-refractivity contribution is 6.11. The molecule has 0 bridgehead atoms. The average molecular weight is 378 g/mol. The number of carbonyl (C=O) groups excluding carboxylic acids is 2. The van der Waals surface area contributed by atoms with Crippen molar-refractivity contribution in [1.29, 1.82) is 0 Å². The van der Waals surface area contributed by atoms with Gasteiger partial charge in [0.15, 0.2) is 0 Å². The number of amides is 2. The Kier molecular flexibility index (Phi) is 6.37. The van der Waals surface area contributed by atoms with Crippen LogP contribution in [-0.4, -0.2) is 46.0 Å². The molecule has 0 saturated carbocycles. The number of rotatable bonds is 5. The lowest BCUT2D eigenvalue weighted by atomic mass is 9.94. The summed E-state index contributed by atoms with van der Waals surface area (Å²) in [7, 11) is 0. The highest BCUT2D eigenvalue weighted by Gasteiger charge is 2.27. The minimum Gasteiger partial charge on any atom is -0.478 e. The van der Waals surface area contributed by atoms with Crippen molar-refractivity contribution in [2.75, 3.05) is 6.54 Å². The third-order valence-electron chi connectivity index (χ3n) is 3.38. The van der Waals surface area contributed by atoms with Crippen LogP contribution in [0.25, 0.3) is 0 Å². The molecule has 0 aliphatic heterocycles. The van der Waals surface area contributed by atoms with Crippen LogP contribution in [0.4, 0.5) is 0 Å². The molecule has 4 N–H and O–H groups in total. The smallest absolute Gasteiger partial charge is 0.336 e. The van der Waals surface area contributed by atoms with Gasteiger partial charge in [-0.25, -0.2) is 9.59 Å². The second-order valence-corrected chi connectivity index (χ2v) is 8.50. The van der Waals surface area contributed by atoms with Crippen molar-refractivity contribution in [3.63, 3.8) is 0 Å². The van der Waals surface area contributed by atoms with Gasteiger partial charge in [0.1, 0.15) is 0 Å². The molecule has 0 saturated heterocycles. The lowest BCUT2D eigenvalue weighted by molar-refractivity contribution is 0.0686. The fourth-order valence-electron chi connectivity index (χ4n) is 2.18. The van der Waals surface area contributed by atoms with E-state index in [0.29, 0.717) is 0 Å². The number of aromatic carboxylic acids is 2. The molecular weight excluding hydrogens is 352 g/mol. The van der Waals surface area contributed by atoms with Gasteiger partial charge in [-0.1, -0.05) is 20.8 Å². The molecule has 0 radical (unpaired) electrons. The van der Waals surface area contributed by atoms with E-state index in [4.69, 9.17) is 0 Å². The predicted molar refractivity (Wildman–Crippen MR) is 99.4 cm³/mol. The third kappa shape index (κ3) is 6.40. The number of carboxylic acid groups (broad SMARTS) is 2. The van der Waals surface area contributed by atoms with Crippen molar-refractivity contribution in [3.8, 4) is 0 Å². The SMILES string of the molecule is CC(C)(C)CNC(=O)c1cc(C(=O)NC(C)(C)C)c(C(=O)O)cc1C(=O)O. The maximum atomic E-state index is 12.5.